The fourth-order valence-corrected chi connectivity index (χ4v) is 2.70. The van der Waals surface area contributed by atoms with Crippen molar-refractivity contribution in [2.24, 2.45) is 5.92 Å². The SMILES string of the molecule is CC(C)Cc1nnc(NC(=O)c2ccc(N)c([N+](=O)[O-])c2)s1. The third-order valence-corrected chi connectivity index (χ3v) is 3.62. The average Bonchev–Trinajstić information content (AvgIpc) is 2.85. The highest BCUT2D eigenvalue weighted by molar-refractivity contribution is 7.15. The second-order valence-corrected chi connectivity index (χ2v) is 6.15. The molecule has 0 saturated heterocycles. The van der Waals surface area contributed by atoms with Crippen LogP contribution >= 0.6 is 11.3 Å². The van der Waals surface area contributed by atoms with E-state index in [0.29, 0.717) is 11.0 Å². The number of benzene rings is 1. The van der Waals surface area contributed by atoms with E-state index in [9.17, 15) is 14.9 Å². The molecule has 0 radical (unpaired) electrons. The van der Waals surface area contributed by atoms with Crippen molar-refractivity contribution in [1.82, 2.24) is 10.2 Å². The van der Waals surface area contributed by atoms with Crippen LogP contribution in [0.5, 0.6) is 0 Å². The highest BCUT2D eigenvalue weighted by Crippen LogP contribution is 2.24. The molecule has 3 N–H and O–H groups in total. The van der Waals surface area contributed by atoms with Crippen molar-refractivity contribution < 1.29 is 9.72 Å². The fourth-order valence-electron chi connectivity index (χ4n) is 1.75. The van der Waals surface area contributed by atoms with Crippen LogP contribution in [0.15, 0.2) is 18.2 Å². The third-order valence-electron chi connectivity index (χ3n) is 2.76. The first-order valence-corrected chi connectivity index (χ1v) is 7.36. The first kappa shape index (κ1) is 15.8. The Bertz CT molecular complexity index is 713. The Kier molecular flexibility index (Phi) is 4.66. The summed E-state index contributed by atoms with van der Waals surface area (Å²) in [5.74, 6) is -0.0494. The molecular weight excluding hydrogens is 306 g/mol. The lowest BCUT2D eigenvalue weighted by molar-refractivity contribution is -0.383. The predicted molar refractivity (Wildman–Crippen MR) is 83.9 cm³/mol. The molecule has 0 atom stereocenters. The van der Waals surface area contributed by atoms with Gasteiger partial charge in [-0.3, -0.25) is 20.2 Å². The number of nitrogens with zero attached hydrogens (tertiary/aromatic N) is 3. The van der Waals surface area contributed by atoms with E-state index in [1.165, 1.54) is 23.5 Å². The molecule has 0 saturated carbocycles. The monoisotopic (exact) mass is 321 g/mol. The molecule has 116 valence electrons. The number of nitro groups is 1. The summed E-state index contributed by atoms with van der Waals surface area (Å²) in [6.07, 6.45) is 0.779. The number of nitrogen functional groups attached to an aromatic ring is 1. The molecule has 9 heteroatoms. The van der Waals surface area contributed by atoms with Gasteiger partial charge in [0.25, 0.3) is 11.6 Å². The topological polar surface area (TPSA) is 124 Å². The summed E-state index contributed by atoms with van der Waals surface area (Å²) in [6.45, 7) is 4.13. The lowest BCUT2D eigenvalue weighted by Gasteiger charge is -2.02. The first-order chi connectivity index (χ1) is 10.4. The molecule has 8 nitrogen and oxygen atoms in total. The van der Waals surface area contributed by atoms with Gasteiger partial charge in [0.1, 0.15) is 10.7 Å². The molecule has 0 aliphatic rings. The molecule has 2 aromatic rings. The lowest BCUT2D eigenvalue weighted by atomic mass is 10.1. The quantitative estimate of drug-likeness (QED) is 0.495. The summed E-state index contributed by atoms with van der Waals surface area (Å²) >= 11 is 1.29. The van der Waals surface area contributed by atoms with Gasteiger partial charge in [0.2, 0.25) is 5.13 Å². The van der Waals surface area contributed by atoms with Crippen LogP contribution in [0, 0.1) is 16.0 Å². The Balaban J connectivity index is 2.14. The molecule has 1 amide bonds. The van der Waals surface area contributed by atoms with Crippen molar-refractivity contribution in [3.05, 3.63) is 38.9 Å². The molecular formula is C13H15N5O3S. The number of carbonyl (C=O) groups is 1. The molecule has 0 spiro atoms. The van der Waals surface area contributed by atoms with Gasteiger partial charge in [-0.05, 0) is 18.1 Å². The Morgan fingerprint density at radius 2 is 2.18 bits per heavy atom. The second kappa shape index (κ2) is 6.48. The van der Waals surface area contributed by atoms with E-state index in [4.69, 9.17) is 5.73 Å². The van der Waals surface area contributed by atoms with Crippen molar-refractivity contribution in [2.75, 3.05) is 11.1 Å². The summed E-state index contributed by atoms with van der Waals surface area (Å²) in [7, 11) is 0. The maximum absolute atomic E-state index is 12.1. The van der Waals surface area contributed by atoms with Gasteiger partial charge >= 0.3 is 0 Å². The zero-order chi connectivity index (χ0) is 16.3. The second-order valence-electron chi connectivity index (χ2n) is 5.08. The maximum atomic E-state index is 12.1. The number of carbonyl (C=O) groups excluding carboxylic acids is 1. The summed E-state index contributed by atoms with van der Waals surface area (Å²) in [5, 5.41) is 22.5. The molecule has 1 aromatic carbocycles. The van der Waals surface area contributed by atoms with Gasteiger partial charge in [-0.1, -0.05) is 25.2 Å². The number of nitro benzene ring substituents is 1. The van der Waals surface area contributed by atoms with Crippen LogP contribution in [0.2, 0.25) is 0 Å². The van der Waals surface area contributed by atoms with E-state index in [-0.39, 0.29) is 16.9 Å². The van der Waals surface area contributed by atoms with Gasteiger partial charge in [-0.15, -0.1) is 10.2 Å². The average molecular weight is 321 g/mol. The normalized spacial score (nSPS) is 10.7. The molecule has 2 rings (SSSR count). The van der Waals surface area contributed by atoms with Gasteiger partial charge in [-0.25, -0.2) is 0 Å². The maximum Gasteiger partial charge on any atom is 0.292 e. The van der Waals surface area contributed by atoms with Crippen LogP contribution in [0.3, 0.4) is 0 Å². The molecule has 0 bridgehead atoms. The molecule has 0 aliphatic carbocycles. The first-order valence-electron chi connectivity index (χ1n) is 6.54. The Labute approximate surface area is 130 Å². The van der Waals surface area contributed by atoms with E-state index in [0.717, 1.165) is 17.5 Å². The van der Waals surface area contributed by atoms with E-state index in [2.05, 4.69) is 29.4 Å². The highest BCUT2D eigenvalue weighted by Gasteiger charge is 2.17. The van der Waals surface area contributed by atoms with Crippen LogP contribution in [-0.4, -0.2) is 21.0 Å². The third kappa shape index (κ3) is 3.76. The van der Waals surface area contributed by atoms with Crippen LogP contribution in [0.4, 0.5) is 16.5 Å². The van der Waals surface area contributed by atoms with Crippen LogP contribution in [0.1, 0.15) is 29.2 Å². The zero-order valence-corrected chi connectivity index (χ0v) is 12.9. The van der Waals surface area contributed by atoms with Crippen molar-refractivity contribution in [3.63, 3.8) is 0 Å². The lowest BCUT2D eigenvalue weighted by Crippen LogP contribution is -2.12. The van der Waals surface area contributed by atoms with Crippen LogP contribution in [0.25, 0.3) is 0 Å². The fraction of sp³-hybridized carbons (Fsp3) is 0.308. The summed E-state index contributed by atoms with van der Waals surface area (Å²) in [6, 6.07) is 3.89. The van der Waals surface area contributed by atoms with Gasteiger partial charge in [0.15, 0.2) is 0 Å². The van der Waals surface area contributed by atoms with Gasteiger partial charge in [0.05, 0.1) is 4.92 Å². The summed E-state index contributed by atoms with van der Waals surface area (Å²) in [5.41, 5.74) is 5.35. The minimum atomic E-state index is -0.627. The number of nitrogens with one attached hydrogen (secondary N) is 1. The largest absolute Gasteiger partial charge is 0.393 e. The summed E-state index contributed by atoms with van der Waals surface area (Å²) in [4.78, 5) is 22.3. The number of amides is 1. The Hall–Kier alpha value is -2.55. The van der Waals surface area contributed by atoms with Crippen molar-refractivity contribution >= 4 is 33.8 Å². The molecule has 22 heavy (non-hydrogen) atoms. The molecule has 1 aromatic heterocycles. The smallest absolute Gasteiger partial charge is 0.292 e. The standard InChI is InChI=1S/C13H15N5O3S/c1-7(2)5-11-16-17-13(22-11)15-12(19)8-3-4-9(14)10(6-8)18(20)21/h3-4,6-7H,5,14H2,1-2H3,(H,15,17,19). The summed E-state index contributed by atoms with van der Waals surface area (Å²) < 4.78 is 0. The number of hydrogen-bond donors (Lipinski definition) is 2. The zero-order valence-electron chi connectivity index (χ0n) is 12.1. The number of nitrogens with two attached hydrogens (primary N) is 1. The Morgan fingerprint density at radius 1 is 1.45 bits per heavy atom. The number of anilines is 2. The number of hydrogen-bond acceptors (Lipinski definition) is 7. The number of rotatable bonds is 5. The van der Waals surface area contributed by atoms with Crippen molar-refractivity contribution in [3.8, 4) is 0 Å². The van der Waals surface area contributed by atoms with Crippen LogP contribution < -0.4 is 11.1 Å². The van der Waals surface area contributed by atoms with E-state index < -0.39 is 10.8 Å². The Morgan fingerprint density at radius 3 is 2.82 bits per heavy atom. The predicted octanol–water partition coefficient (Wildman–Crippen LogP) is 2.48. The van der Waals surface area contributed by atoms with Crippen molar-refractivity contribution in [2.45, 2.75) is 20.3 Å². The van der Waals surface area contributed by atoms with E-state index >= 15 is 0 Å². The highest BCUT2D eigenvalue weighted by atomic mass is 32.1. The molecule has 0 fully saturated rings. The molecule has 0 aliphatic heterocycles. The number of aromatic nitrogens is 2. The van der Waals surface area contributed by atoms with E-state index in [1.54, 1.807) is 0 Å². The van der Waals surface area contributed by atoms with E-state index in [1.807, 2.05) is 0 Å². The molecule has 1 heterocycles. The minimum absolute atomic E-state index is 0.0108. The van der Waals surface area contributed by atoms with Crippen molar-refractivity contribution in [1.29, 1.82) is 0 Å². The van der Waals surface area contributed by atoms with Gasteiger partial charge < -0.3 is 5.73 Å². The van der Waals surface area contributed by atoms with Gasteiger partial charge in [0, 0.05) is 18.1 Å². The molecule has 0 unspecified atom stereocenters. The van der Waals surface area contributed by atoms with Crippen LogP contribution in [-0.2, 0) is 6.42 Å². The minimum Gasteiger partial charge on any atom is -0.393 e. The van der Waals surface area contributed by atoms with Gasteiger partial charge in [-0.2, -0.15) is 0 Å².